The van der Waals surface area contributed by atoms with E-state index in [1.807, 2.05) is 251 Å². The minimum absolute atomic E-state index is 0. The van der Waals surface area contributed by atoms with Gasteiger partial charge in [-0.3, -0.25) is 0 Å². The molecule has 0 amide bonds. The predicted octanol–water partition coefficient (Wildman–Crippen LogP) is 8.10. The minimum atomic E-state index is -1.74. The summed E-state index contributed by atoms with van der Waals surface area (Å²) in [4.78, 5) is 28.8. The van der Waals surface area contributed by atoms with Gasteiger partial charge in [0.15, 0.2) is 34.9 Å². The van der Waals surface area contributed by atoms with E-state index in [0.29, 0.717) is 34.9 Å². The molecule has 12 aromatic rings. The summed E-state index contributed by atoms with van der Waals surface area (Å²) in [5, 5.41) is 29.7. The molecule has 0 unspecified atom stereocenters. The van der Waals surface area contributed by atoms with Gasteiger partial charge in [0, 0.05) is 33.4 Å². The molecule has 6 heterocycles. The fourth-order valence-corrected chi connectivity index (χ4v) is 9.15. The number of benzene rings is 6. The third-order valence-corrected chi connectivity index (χ3v) is 12.9. The zero-order valence-corrected chi connectivity index (χ0v) is 43.2. The van der Waals surface area contributed by atoms with Crippen molar-refractivity contribution in [2.45, 2.75) is 41.5 Å². The molecule has 0 atom stereocenters. The SMILES string of the molecule is Cc1nc(-c2ccccc2)nn1[BH-](n1nc(-c2ccccc2)nc1C)n1nc(-c2ccccc2)nc1C.Cc1nc(-c2ccccc2)nn1[BH-](n1nc(-c2ccccc2)nc1C)n1nc(-c2ccccc2)nc1C.[Fe+2]. The van der Waals surface area contributed by atoms with Crippen molar-refractivity contribution in [2.75, 3.05) is 0 Å². The number of hydrogen-bond acceptors (Lipinski definition) is 12. The van der Waals surface area contributed by atoms with Crippen LogP contribution in [0.1, 0.15) is 34.9 Å². The van der Waals surface area contributed by atoms with Crippen LogP contribution in [0, 0.1) is 41.5 Å². The second-order valence-corrected chi connectivity index (χ2v) is 17.9. The molecule has 0 aliphatic rings. The summed E-state index contributed by atoms with van der Waals surface area (Å²) in [6.45, 7) is 11.7. The smallest absolute Gasteiger partial charge is 0.383 e. The van der Waals surface area contributed by atoms with Gasteiger partial charge in [0.2, 0.25) is 0 Å². The van der Waals surface area contributed by atoms with Crippen molar-refractivity contribution in [3.63, 3.8) is 0 Å². The van der Waals surface area contributed by atoms with Gasteiger partial charge in [-0.25, -0.2) is 29.9 Å². The topological polar surface area (TPSA) is 184 Å². The van der Waals surface area contributed by atoms with Crippen molar-refractivity contribution in [1.29, 1.82) is 0 Å². The Morgan fingerprint density at radius 1 is 0.227 bits per heavy atom. The van der Waals surface area contributed by atoms with Crippen molar-refractivity contribution >= 4 is 14.2 Å². The summed E-state index contributed by atoms with van der Waals surface area (Å²) in [6, 6.07) is 59.8. The van der Waals surface area contributed by atoms with Crippen molar-refractivity contribution < 1.29 is 17.1 Å². The van der Waals surface area contributed by atoms with Gasteiger partial charge in [-0.05, 0) is 41.5 Å². The molecule has 12 rings (SSSR count). The van der Waals surface area contributed by atoms with E-state index in [1.165, 1.54) is 0 Å². The van der Waals surface area contributed by atoms with Gasteiger partial charge in [0.25, 0.3) is 0 Å². The van der Waals surface area contributed by atoms with Crippen LogP contribution in [0.4, 0.5) is 0 Å². The normalized spacial score (nSPS) is 11.2. The maximum absolute atomic E-state index is 4.94. The average molecular weight is 1030 g/mol. The van der Waals surface area contributed by atoms with Crippen LogP contribution in [0.5, 0.6) is 0 Å². The molecule has 0 saturated carbocycles. The number of rotatable bonds is 12. The molecule has 6 aromatic carbocycles. The summed E-state index contributed by atoms with van der Waals surface area (Å²) >= 11 is 0. The van der Waals surface area contributed by atoms with Crippen LogP contribution in [-0.4, -0.2) is 102 Å². The van der Waals surface area contributed by atoms with Gasteiger partial charge in [0.05, 0.1) is 34.9 Å². The second-order valence-electron chi connectivity index (χ2n) is 17.9. The van der Waals surface area contributed by atoms with E-state index >= 15 is 0 Å². The summed E-state index contributed by atoms with van der Waals surface area (Å²) in [6.07, 6.45) is 0. The molecule has 75 heavy (non-hydrogen) atoms. The molecule has 370 valence electrons. The summed E-state index contributed by atoms with van der Waals surface area (Å²) < 4.78 is 11.5. The van der Waals surface area contributed by atoms with Gasteiger partial charge in [0.1, 0.15) is 0 Å². The van der Waals surface area contributed by atoms with Crippen LogP contribution >= 0.6 is 0 Å². The fourth-order valence-electron chi connectivity index (χ4n) is 9.15. The van der Waals surface area contributed by atoms with E-state index in [-0.39, 0.29) is 17.1 Å². The van der Waals surface area contributed by atoms with Crippen LogP contribution in [0.3, 0.4) is 0 Å². The molecule has 0 saturated heterocycles. The van der Waals surface area contributed by atoms with E-state index in [2.05, 4.69) is 0 Å². The number of aromatic nitrogens is 18. The molecule has 6 aromatic heterocycles. The molecular formula is C54H50B2FeN18. The third-order valence-electron chi connectivity index (χ3n) is 12.9. The van der Waals surface area contributed by atoms with E-state index in [1.54, 1.807) is 0 Å². The summed E-state index contributed by atoms with van der Waals surface area (Å²) in [5.41, 5.74) is 5.68. The Kier molecular flexibility index (Phi) is 14.2. The Morgan fingerprint density at radius 3 is 0.493 bits per heavy atom. The molecule has 0 aliphatic heterocycles. The summed E-state index contributed by atoms with van der Waals surface area (Å²) in [7, 11) is -3.48. The maximum Gasteiger partial charge on any atom is 2.00 e. The van der Waals surface area contributed by atoms with E-state index in [0.717, 1.165) is 68.3 Å². The van der Waals surface area contributed by atoms with Crippen LogP contribution in [0.2, 0.25) is 0 Å². The van der Waals surface area contributed by atoms with Crippen molar-refractivity contribution in [3.05, 3.63) is 217 Å². The number of nitrogens with zero attached hydrogens (tertiary/aromatic N) is 18. The Hall–Kier alpha value is -9.19. The van der Waals surface area contributed by atoms with Gasteiger partial charge in [-0.2, -0.15) is 30.6 Å². The predicted molar refractivity (Wildman–Crippen MR) is 288 cm³/mol. The number of hydrogen-bond donors (Lipinski definition) is 0. The van der Waals surface area contributed by atoms with Gasteiger partial charge in [-0.15, -0.1) is 0 Å². The average Bonchev–Trinajstić information content (AvgIpc) is 4.33. The molecule has 0 N–H and O–H groups in total. The molecule has 0 aliphatic carbocycles. The van der Waals surface area contributed by atoms with E-state index < -0.39 is 14.2 Å². The first-order chi connectivity index (χ1) is 36.2. The maximum atomic E-state index is 4.94. The Balaban J connectivity index is 0.000000169. The molecule has 0 bridgehead atoms. The fraction of sp³-hybridized carbons (Fsp3) is 0.111. The first-order valence-electron chi connectivity index (χ1n) is 24.4. The van der Waals surface area contributed by atoms with Crippen LogP contribution in [0.25, 0.3) is 68.3 Å². The Labute approximate surface area is 444 Å². The molecule has 0 spiro atoms. The first-order valence-corrected chi connectivity index (χ1v) is 24.4. The Bertz CT molecular complexity index is 3170. The van der Waals surface area contributed by atoms with E-state index in [4.69, 9.17) is 60.5 Å². The van der Waals surface area contributed by atoms with Gasteiger partial charge < -0.3 is 27.6 Å². The van der Waals surface area contributed by atoms with E-state index in [9.17, 15) is 0 Å². The van der Waals surface area contributed by atoms with Crippen molar-refractivity contribution in [2.24, 2.45) is 0 Å². The molecule has 0 fully saturated rings. The Morgan fingerprint density at radius 2 is 0.360 bits per heavy atom. The molecule has 21 heteroatoms. The van der Waals surface area contributed by atoms with Crippen molar-refractivity contribution in [1.82, 2.24) is 88.1 Å². The molecule has 0 radical (unpaired) electrons. The van der Waals surface area contributed by atoms with Gasteiger partial charge >= 0.3 is 31.3 Å². The zero-order chi connectivity index (χ0) is 50.7. The molecular weight excluding hydrogens is 978 g/mol. The largest absolute Gasteiger partial charge is 2.00 e. The van der Waals surface area contributed by atoms with Crippen molar-refractivity contribution in [3.8, 4) is 68.3 Å². The van der Waals surface area contributed by atoms with Crippen LogP contribution < -0.4 is 0 Å². The van der Waals surface area contributed by atoms with Crippen LogP contribution in [-0.2, 0) is 17.1 Å². The summed E-state index contributed by atoms with van der Waals surface area (Å²) in [5.74, 6) is 8.44. The first kappa shape index (κ1) is 49.4. The monoisotopic (exact) mass is 1030 g/mol. The molecule has 18 nitrogen and oxygen atoms in total. The van der Waals surface area contributed by atoms with Crippen LogP contribution in [0.15, 0.2) is 182 Å². The number of aryl methyl sites for hydroxylation is 6. The van der Waals surface area contributed by atoms with Gasteiger partial charge in [-0.1, -0.05) is 182 Å². The second kappa shape index (κ2) is 21.5. The quantitative estimate of drug-likeness (QED) is 0.107. The standard InChI is InChI=1S/2C27H25BN9.Fe/c2*1-19-29-25(22-13-7-4-8-14-22)32-35(19)28(36-20(2)30-26(33-36)23-15-9-5-10-16-23)37-21(3)31-27(34-37)24-17-11-6-12-18-24;/h2*4-18,28H,1-3H3;/q2*-1;+2. The zero-order valence-electron chi connectivity index (χ0n) is 42.1. The third kappa shape index (κ3) is 10.1. The minimum Gasteiger partial charge on any atom is -0.383 e.